The molecule has 2 amide bonds. The number of aliphatic carboxylic acids is 1. The van der Waals surface area contributed by atoms with E-state index in [-0.39, 0.29) is 25.6 Å². The van der Waals surface area contributed by atoms with Crippen molar-refractivity contribution in [1.82, 2.24) is 10.6 Å². The number of rotatable bonds is 8. The minimum absolute atomic E-state index is 0.0273. The van der Waals surface area contributed by atoms with Crippen LogP contribution in [0.5, 0.6) is 0 Å². The average molecular weight is 481 g/mol. The van der Waals surface area contributed by atoms with Gasteiger partial charge in [-0.05, 0) is 48.4 Å². The van der Waals surface area contributed by atoms with Gasteiger partial charge in [-0.3, -0.25) is 14.9 Å². The van der Waals surface area contributed by atoms with Crippen LogP contribution in [0.2, 0.25) is 0 Å². The lowest BCUT2D eigenvalue weighted by Gasteiger charge is -2.20. The van der Waals surface area contributed by atoms with Gasteiger partial charge in [0, 0.05) is 12.0 Å². The first-order valence-corrected chi connectivity index (χ1v) is 11.7. The largest absolute Gasteiger partial charge is 0.481 e. The van der Waals surface area contributed by atoms with Crippen LogP contribution in [0.1, 0.15) is 43.2 Å². The molecule has 1 saturated carbocycles. The standard InChI is InChI=1S/C26H28N2O7/c1-2-34-25(32)22(23(29)27-16-12-11-15(13-16)24(30)31)28-26(33)35-14-21-19-9-5-3-7-17(19)18-8-4-6-10-20(18)21/h3-10,15-16,21-22H,2,11-14H2,1H3,(H,27,29)(H,28,33)(H,30,31)/t15-,16+,22?/m1/s1. The Morgan fingerprint density at radius 1 is 0.971 bits per heavy atom. The number of benzene rings is 2. The Hall–Kier alpha value is -3.88. The summed E-state index contributed by atoms with van der Waals surface area (Å²) in [6.45, 7) is 1.65. The molecule has 0 saturated heterocycles. The van der Waals surface area contributed by atoms with Crippen LogP contribution in [0, 0.1) is 5.92 Å². The Labute approximate surface area is 202 Å². The number of amides is 2. The van der Waals surface area contributed by atoms with Crippen LogP contribution in [-0.4, -0.2) is 54.3 Å². The van der Waals surface area contributed by atoms with E-state index in [9.17, 15) is 19.2 Å². The number of carbonyl (C=O) groups excluding carboxylic acids is 3. The molecular formula is C26H28N2O7. The lowest BCUT2D eigenvalue weighted by atomic mass is 9.98. The first-order chi connectivity index (χ1) is 16.9. The van der Waals surface area contributed by atoms with E-state index in [0.717, 1.165) is 22.3 Å². The first-order valence-electron chi connectivity index (χ1n) is 11.7. The van der Waals surface area contributed by atoms with Gasteiger partial charge in [-0.1, -0.05) is 48.5 Å². The number of nitrogens with one attached hydrogen (secondary N) is 2. The fourth-order valence-electron chi connectivity index (χ4n) is 4.84. The number of carboxylic acids is 1. The zero-order valence-electron chi connectivity index (χ0n) is 19.4. The van der Waals surface area contributed by atoms with Crippen molar-refractivity contribution in [2.24, 2.45) is 5.92 Å². The molecule has 4 rings (SSSR count). The monoisotopic (exact) mass is 480 g/mol. The zero-order chi connectivity index (χ0) is 24.9. The summed E-state index contributed by atoms with van der Waals surface area (Å²) in [4.78, 5) is 49.0. The molecule has 35 heavy (non-hydrogen) atoms. The minimum Gasteiger partial charge on any atom is -0.481 e. The molecule has 1 fully saturated rings. The van der Waals surface area contributed by atoms with Gasteiger partial charge in [-0.2, -0.15) is 0 Å². The maximum absolute atomic E-state index is 12.8. The molecule has 2 aromatic rings. The Morgan fingerprint density at radius 3 is 2.17 bits per heavy atom. The van der Waals surface area contributed by atoms with Crippen molar-refractivity contribution >= 4 is 23.9 Å². The van der Waals surface area contributed by atoms with Crippen LogP contribution in [-0.2, 0) is 23.9 Å². The fourth-order valence-corrected chi connectivity index (χ4v) is 4.84. The van der Waals surface area contributed by atoms with Crippen molar-refractivity contribution in [2.45, 2.75) is 44.2 Å². The van der Waals surface area contributed by atoms with Crippen molar-refractivity contribution in [2.75, 3.05) is 13.2 Å². The molecule has 2 aromatic carbocycles. The van der Waals surface area contributed by atoms with E-state index in [2.05, 4.69) is 10.6 Å². The molecule has 184 valence electrons. The number of carbonyl (C=O) groups is 4. The SMILES string of the molecule is CCOC(=O)C(NC(=O)OCC1c2ccccc2-c2ccccc21)C(=O)N[C@H]1CC[C@@H](C(=O)O)C1. The number of ether oxygens (including phenoxy) is 2. The molecule has 0 bridgehead atoms. The van der Waals surface area contributed by atoms with E-state index in [0.29, 0.717) is 12.8 Å². The van der Waals surface area contributed by atoms with Gasteiger partial charge in [-0.25, -0.2) is 9.59 Å². The van der Waals surface area contributed by atoms with Crippen molar-refractivity contribution in [3.8, 4) is 11.1 Å². The Bertz CT molecular complexity index is 1090. The lowest BCUT2D eigenvalue weighted by molar-refractivity contribution is -0.149. The van der Waals surface area contributed by atoms with Gasteiger partial charge in [-0.15, -0.1) is 0 Å². The van der Waals surface area contributed by atoms with Gasteiger partial charge in [0.1, 0.15) is 6.61 Å². The molecule has 3 N–H and O–H groups in total. The number of esters is 1. The third kappa shape index (κ3) is 5.29. The van der Waals surface area contributed by atoms with Crippen LogP contribution in [0.25, 0.3) is 11.1 Å². The third-order valence-electron chi connectivity index (χ3n) is 6.52. The van der Waals surface area contributed by atoms with Gasteiger partial charge < -0.3 is 19.9 Å². The van der Waals surface area contributed by atoms with Crippen molar-refractivity contribution < 1.29 is 33.8 Å². The molecular weight excluding hydrogens is 452 g/mol. The maximum atomic E-state index is 12.8. The van der Waals surface area contributed by atoms with Crippen molar-refractivity contribution in [1.29, 1.82) is 0 Å². The fraction of sp³-hybridized carbons (Fsp3) is 0.385. The quantitative estimate of drug-likeness (QED) is 0.391. The number of hydrogen-bond donors (Lipinski definition) is 3. The van der Waals surface area contributed by atoms with Crippen molar-refractivity contribution in [3.63, 3.8) is 0 Å². The van der Waals surface area contributed by atoms with E-state index >= 15 is 0 Å². The topological polar surface area (TPSA) is 131 Å². The molecule has 0 aliphatic heterocycles. The van der Waals surface area contributed by atoms with Gasteiger partial charge in [0.05, 0.1) is 12.5 Å². The molecule has 3 atom stereocenters. The predicted molar refractivity (Wildman–Crippen MR) is 126 cm³/mol. The molecule has 2 aliphatic carbocycles. The van der Waals surface area contributed by atoms with Crippen LogP contribution in [0.15, 0.2) is 48.5 Å². The molecule has 2 aliphatic rings. The summed E-state index contributed by atoms with van der Waals surface area (Å²) < 4.78 is 10.4. The van der Waals surface area contributed by atoms with E-state index in [1.807, 2.05) is 48.5 Å². The summed E-state index contributed by atoms with van der Waals surface area (Å²) in [6, 6.07) is 13.8. The molecule has 1 unspecified atom stereocenters. The summed E-state index contributed by atoms with van der Waals surface area (Å²) in [6.07, 6.45) is 0.254. The smallest absolute Gasteiger partial charge is 0.408 e. The summed E-state index contributed by atoms with van der Waals surface area (Å²) >= 11 is 0. The van der Waals surface area contributed by atoms with Gasteiger partial charge in [0.25, 0.3) is 5.91 Å². The van der Waals surface area contributed by atoms with E-state index in [4.69, 9.17) is 14.6 Å². The Kier molecular flexibility index (Phi) is 7.33. The first kappa shape index (κ1) is 24.3. The number of carboxylic acid groups (broad SMARTS) is 1. The zero-order valence-corrected chi connectivity index (χ0v) is 19.4. The molecule has 0 spiro atoms. The highest BCUT2D eigenvalue weighted by atomic mass is 16.6. The van der Waals surface area contributed by atoms with E-state index in [1.165, 1.54) is 0 Å². The summed E-state index contributed by atoms with van der Waals surface area (Å²) in [7, 11) is 0. The summed E-state index contributed by atoms with van der Waals surface area (Å²) in [5.41, 5.74) is 4.24. The lowest BCUT2D eigenvalue weighted by Crippen LogP contribution is -2.54. The summed E-state index contributed by atoms with van der Waals surface area (Å²) in [5, 5.41) is 14.1. The Morgan fingerprint density at radius 2 is 1.60 bits per heavy atom. The second-order valence-electron chi connectivity index (χ2n) is 8.71. The normalized spacial score (nSPS) is 19.2. The second kappa shape index (κ2) is 10.6. The predicted octanol–water partition coefficient (Wildman–Crippen LogP) is 2.83. The average Bonchev–Trinajstić information content (AvgIpc) is 3.44. The number of fused-ring (bicyclic) bond motifs is 3. The highest BCUT2D eigenvalue weighted by Crippen LogP contribution is 2.44. The van der Waals surface area contributed by atoms with Gasteiger partial charge >= 0.3 is 18.0 Å². The van der Waals surface area contributed by atoms with Crippen LogP contribution >= 0.6 is 0 Å². The van der Waals surface area contributed by atoms with E-state index < -0.39 is 41.9 Å². The third-order valence-corrected chi connectivity index (χ3v) is 6.52. The van der Waals surface area contributed by atoms with Gasteiger partial charge in [0.15, 0.2) is 0 Å². The molecule has 9 nitrogen and oxygen atoms in total. The minimum atomic E-state index is -1.60. The second-order valence-corrected chi connectivity index (χ2v) is 8.71. The molecule has 9 heteroatoms. The Balaban J connectivity index is 1.40. The van der Waals surface area contributed by atoms with E-state index in [1.54, 1.807) is 6.92 Å². The number of hydrogen-bond acceptors (Lipinski definition) is 6. The van der Waals surface area contributed by atoms with Crippen LogP contribution in [0.3, 0.4) is 0 Å². The van der Waals surface area contributed by atoms with Crippen molar-refractivity contribution in [3.05, 3.63) is 59.7 Å². The molecule has 0 radical (unpaired) electrons. The highest BCUT2D eigenvalue weighted by Gasteiger charge is 2.36. The molecule has 0 aromatic heterocycles. The maximum Gasteiger partial charge on any atom is 0.408 e. The van der Waals surface area contributed by atoms with Gasteiger partial charge in [0.2, 0.25) is 6.04 Å². The number of alkyl carbamates (subject to hydrolysis) is 1. The highest BCUT2D eigenvalue weighted by molar-refractivity contribution is 6.04. The molecule has 0 heterocycles. The summed E-state index contributed by atoms with van der Waals surface area (Å²) in [5.74, 6) is -3.30. The van der Waals surface area contributed by atoms with Crippen LogP contribution < -0.4 is 10.6 Å². The van der Waals surface area contributed by atoms with Crippen LogP contribution in [0.4, 0.5) is 4.79 Å².